The molecule has 1 aliphatic rings. The van der Waals surface area contributed by atoms with Crippen LogP contribution in [0.3, 0.4) is 0 Å². The molecular formula is C15H23BrN2O. The van der Waals surface area contributed by atoms with Crippen molar-refractivity contribution < 1.29 is 5.11 Å². The zero-order valence-electron chi connectivity index (χ0n) is 11.6. The molecule has 0 aromatic heterocycles. The van der Waals surface area contributed by atoms with Crippen LogP contribution in [0, 0.1) is 5.92 Å². The quantitative estimate of drug-likeness (QED) is 0.893. The van der Waals surface area contributed by atoms with Crippen molar-refractivity contribution >= 4 is 15.9 Å². The normalized spacial score (nSPS) is 25.2. The van der Waals surface area contributed by atoms with Gasteiger partial charge >= 0.3 is 0 Å². The Labute approximate surface area is 123 Å². The summed E-state index contributed by atoms with van der Waals surface area (Å²) in [5.74, 6) is 0.369. The summed E-state index contributed by atoms with van der Waals surface area (Å²) in [5.41, 5.74) is 7.45. The van der Waals surface area contributed by atoms with Crippen molar-refractivity contribution in [3.8, 4) is 0 Å². The zero-order chi connectivity index (χ0) is 14.0. The first-order chi connectivity index (χ1) is 8.99. The zero-order valence-corrected chi connectivity index (χ0v) is 13.2. The van der Waals surface area contributed by atoms with Gasteiger partial charge in [0, 0.05) is 23.1 Å². The summed E-state index contributed by atoms with van der Waals surface area (Å²) in [4.78, 5) is 2.41. The molecule has 0 aliphatic carbocycles. The fourth-order valence-electron chi connectivity index (χ4n) is 3.00. The second-order valence-electron chi connectivity index (χ2n) is 5.64. The molecule has 0 amide bonds. The highest BCUT2D eigenvalue weighted by Crippen LogP contribution is 2.31. The standard InChI is InChI=1S/C15H23BrN2O/c1-10(17)15(12-4-3-5-14(16)8-12)18-7-6-13(9-18)11(2)19/h3-5,8,10-11,13,15,19H,6-7,9,17H2,1-2H3. The van der Waals surface area contributed by atoms with Crippen molar-refractivity contribution in [1.82, 2.24) is 4.90 Å². The number of likely N-dealkylation sites (tertiary alicyclic amines) is 1. The number of aliphatic hydroxyl groups excluding tert-OH is 1. The average Bonchev–Trinajstić information content (AvgIpc) is 2.78. The second kappa shape index (κ2) is 6.35. The van der Waals surface area contributed by atoms with E-state index in [1.54, 1.807) is 0 Å². The molecule has 1 fully saturated rings. The molecule has 4 unspecified atom stereocenters. The maximum Gasteiger partial charge on any atom is 0.0552 e. The molecule has 1 saturated heterocycles. The molecule has 3 nitrogen and oxygen atoms in total. The van der Waals surface area contributed by atoms with Crippen molar-refractivity contribution in [2.45, 2.75) is 38.5 Å². The molecule has 4 atom stereocenters. The molecular weight excluding hydrogens is 304 g/mol. The Hall–Kier alpha value is -0.420. The maximum absolute atomic E-state index is 9.74. The minimum Gasteiger partial charge on any atom is -0.393 e. The van der Waals surface area contributed by atoms with Crippen LogP contribution in [0.5, 0.6) is 0 Å². The molecule has 4 heteroatoms. The van der Waals surface area contributed by atoms with Gasteiger partial charge in [-0.05, 0) is 50.4 Å². The third-order valence-corrected chi connectivity index (χ3v) is 4.51. The van der Waals surface area contributed by atoms with Gasteiger partial charge in [0.2, 0.25) is 0 Å². The first-order valence-corrected chi connectivity index (χ1v) is 7.71. The SMILES string of the molecule is CC(N)C(c1cccc(Br)c1)N1CCC(C(C)O)C1. The van der Waals surface area contributed by atoms with Gasteiger partial charge in [-0.25, -0.2) is 0 Å². The third-order valence-electron chi connectivity index (χ3n) is 4.02. The Morgan fingerprint density at radius 3 is 2.68 bits per heavy atom. The minimum atomic E-state index is -0.235. The van der Waals surface area contributed by atoms with E-state index in [-0.39, 0.29) is 18.2 Å². The number of hydrogen-bond donors (Lipinski definition) is 2. The Morgan fingerprint density at radius 2 is 2.16 bits per heavy atom. The third kappa shape index (κ3) is 3.57. The van der Waals surface area contributed by atoms with Gasteiger partial charge in [0.1, 0.15) is 0 Å². The van der Waals surface area contributed by atoms with Gasteiger partial charge in [0.05, 0.1) is 6.10 Å². The van der Waals surface area contributed by atoms with E-state index in [0.29, 0.717) is 5.92 Å². The fraction of sp³-hybridized carbons (Fsp3) is 0.600. The van der Waals surface area contributed by atoms with Crippen LogP contribution in [-0.2, 0) is 0 Å². The Morgan fingerprint density at radius 1 is 1.42 bits per heavy atom. The molecule has 1 aromatic rings. The van der Waals surface area contributed by atoms with Crippen molar-refractivity contribution in [2.75, 3.05) is 13.1 Å². The number of rotatable bonds is 4. The van der Waals surface area contributed by atoms with Crippen LogP contribution in [-0.4, -0.2) is 35.2 Å². The van der Waals surface area contributed by atoms with Gasteiger partial charge in [-0.15, -0.1) is 0 Å². The van der Waals surface area contributed by atoms with Crippen LogP contribution < -0.4 is 5.73 Å². The molecule has 19 heavy (non-hydrogen) atoms. The van der Waals surface area contributed by atoms with Crippen LogP contribution in [0.15, 0.2) is 28.7 Å². The molecule has 3 N–H and O–H groups in total. The average molecular weight is 327 g/mol. The highest BCUT2D eigenvalue weighted by Gasteiger charge is 2.32. The van der Waals surface area contributed by atoms with Gasteiger partial charge in [0.25, 0.3) is 0 Å². The highest BCUT2D eigenvalue weighted by atomic mass is 79.9. The van der Waals surface area contributed by atoms with Gasteiger partial charge in [-0.2, -0.15) is 0 Å². The monoisotopic (exact) mass is 326 g/mol. The van der Waals surface area contributed by atoms with E-state index >= 15 is 0 Å². The number of nitrogens with zero attached hydrogens (tertiary/aromatic N) is 1. The molecule has 2 rings (SSSR count). The molecule has 106 valence electrons. The van der Waals surface area contributed by atoms with E-state index in [1.165, 1.54) is 5.56 Å². The lowest BCUT2D eigenvalue weighted by Gasteiger charge is -2.31. The van der Waals surface area contributed by atoms with Gasteiger partial charge in [0.15, 0.2) is 0 Å². The number of halogens is 1. The van der Waals surface area contributed by atoms with Crippen LogP contribution >= 0.6 is 15.9 Å². The van der Waals surface area contributed by atoms with Crippen LogP contribution in [0.2, 0.25) is 0 Å². The first kappa shape index (κ1) is 15.0. The smallest absolute Gasteiger partial charge is 0.0552 e. The largest absolute Gasteiger partial charge is 0.393 e. The molecule has 0 spiro atoms. The molecule has 0 bridgehead atoms. The van der Waals surface area contributed by atoms with Crippen LogP contribution in [0.1, 0.15) is 31.9 Å². The molecule has 0 saturated carbocycles. The van der Waals surface area contributed by atoms with E-state index in [2.05, 4.69) is 46.0 Å². The highest BCUT2D eigenvalue weighted by molar-refractivity contribution is 9.10. The summed E-state index contributed by atoms with van der Waals surface area (Å²) in [7, 11) is 0. The summed E-state index contributed by atoms with van der Waals surface area (Å²) in [6, 6.07) is 8.66. The van der Waals surface area contributed by atoms with E-state index in [9.17, 15) is 5.11 Å². The molecule has 0 radical (unpaired) electrons. The van der Waals surface area contributed by atoms with Gasteiger partial charge in [-0.1, -0.05) is 28.1 Å². The summed E-state index contributed by atoms with van der Waals surface area (Å²) >= 11 is 3.52. The Kier molecular flexibility index (Phi) is 5.01. The van der Waals surface area contributed by atoms with Crippen LogP contribution in [0.4, 0.5) is 0 Å². The maximum atomic E-state index is 9.74. The minimum absolute atomic E-state index is 0.0713. The first-order valence-electron chi connectivity index (χ1n) is 6.92. The van der Waals surface area contributed by atoms with Gasteiger partial charge in [-0.3, -0.25) is 4.90 Å². The summed E-state index contributed by atoms with van der Waals surface area (Å²) < 4.78 is 1.09. The van der Waals surface area contributed by atoms with E-state index < -0.39 is 0 Å². The van der Waals surface area contributed by atoms with Crippen molar-refractivity contribution in [3.05, 3.63) is 34.3 Å². The summed E-state index contributed by atoms with van der Waals surface area (Å²) in [6.45, 7) is 5.88. The van der Waals surface area contributed by atoms with Crippen molar-refractivity contribution in [1.29, 1.82) is 0 Å². The fourth-order valence-corrected chi connectivity index (χ4v) is 3.42. The Bertz CT molecular complexity index is 422. The number of nitrogens with two attached hydrogens (primary N) is 1. The van der Waals surface area contributed by atoms with E-state index in [1.807, 2.05) is 13.0 Å². The second-order valence-corrected chi connectivity index (χ2v) is 6.56. The number of hydrogen-bond acceptors (Lipinski definition) is 3. The molecule has 1 aromatic carbocycles. The van der Waals surface area contributed by atoms with E-state index in [4.69, 9.17) is 5.73 Å². The van der Waals surface area contributed by atoms with Gasteiger partial charge < -0.3 is 10.8 Å². The lowest BCUT2D eigenvalue weighted by molar-refractivity contribution is 0.119. The Balaban J connectivity index is 2.18. The number of aliphatic hydroxyl groups is 1. The lowest BCUT2D eigenvalue weighted by atomic mass is 9.99. The van der Waals surface area contributed by atoms with Crippen molar-refractivity contribution in [3.63, 3.8) is 0 Å². The molecule has 1 aliphatic heterocycles. The van der Waals surface area contributed by atoms with E-state index in [0.717, 1.165) is 24.0 Å². The predicted octanol–water partition coefficient (Wildman–Crippen LogP) is 2.54. The predicted molar refractivity (Wildman–Crippen MR) is 81.9 cm³/mol. The summed E-state index contributed by atoms with van der Waals surface area (Å²) in [5, 5.41) is 9.74. The molecule has 1 heterocycles. The summed E-state index contributed by atoms with van der Waals surface area (Å²) in [6.07, 6.45) is 0.816. The lowest BCUT2D eigenvalue weighted by Crippen LogP contribution is -2.38. The topological polar surface area (TPSA) is 49.5 Å². The number of benzene rings is 1. The van der Waals surface area contributed by atoms with Crippen LogP contribution in [0.25, 0.3) is 0 Å². The van der Waals surface area contributed by atoms with Crippen molar-refractivity contribution in [2.24, 2.45) is 11.7 Å².